The molecule has 0 saturated carbocycles. The molecule has 2 atom stereocenters. The monoisotopic (exact) mass is 322 g/mol. The molecule has 0 radical (unpaired) electrons. The predicted octanol–water partition coefficient (Wildman–Crippen LogP) is 4.88. The highest BCUT2D eigenvalue weighted by molar-refractivity contribution is 8.00. The lowest BCUT2D eigenvalue weighted by molar-refractivity contribution is 0.0933. The van der Waals surface area contributed by atoms with Gasteiger partial charge in [-0.25, -0.2) is 4.39 Å². The third kappa shape index (κ3) is 5.74. The quantitative estimate of drug-likeness (QED) is 0.438. The summed E-state index contributed by atoms with van der Waals surface area (Å²) in [5, 5.41) is 9.46. The van der Waals surface area contributed by atoms with Gasteiger partial charge < -0.3 is 5.11 Å². The number of aryl methyl sites for hydroxylation is 1. The molecule has 0 unspecified atom stereocenters. The van der Waals surface area contributed by atoms with Crippen molar-refractivity contribution in [3.05, 3.63) is 42.5 Å². The van der Waals surface area contributed by atoms with Crippen LogP contribution >= 0.6 is 35.0 Å². The maximum atomic E-state index is 13.5. The summed E-state index contributed by atoms with van der Waals surface area (Å²) in [7, 11) is 0. The molecule has 0 heterocycles. The van der Waals surface area contributed by atoms with Crippen molar-refractivity contribution in [2.75, 3.05) is 0 Å². The Hall–Kier alpha value is -0.220. The molecule has 0 aromatic heterocycles. The molecule has 19 heavy (non-hydrogen) atoms. The first-order valence-corrected chi connectivity index (χ1v) is 7.57. The van der Waals surface area contributed by atoms with Crippen LogP contribution in [0.4, 0.5) is 4.39 Å². The summed E-state index contributed by atoms with van der Waals surface area (Å²) in [5.41, 5.74) is 1.14. The molecule has 0 amide bonds. The van der Waals surface area contributed by atoms with Crippen LogP contribution in [0.1, 0.15) is 18.4 Å². The van der Waals surface area contributed by atoms with Gasteiger partial charge in [0.05, 0.1) is 0 Å². The molecule has 1 rings (SSSR count). The van der Waals surface area contributed by atoms with Crippen molar-refractivity contribution in [3.8, 4) is 0 Å². The Bertz CT molecular complexity index is 403. The van der Waals surface area contributed by atoms with Gasteiger partial charge in [-0.15, -0.1) is 18.3 Å². The van der Waals surface area contributed by atoms with Crippen molar-refractivity contribution in [3.63, 3.8) is 0 Å². The van der Waals surface area contributed by atoms with Gasteiger partial charge in [-0.3, -0.25) is 0 Å². The number of allylic oxidation sites excluding steroid dienone is 1. The van der Waals surface area contributed by atoms with Crippen LogP contribution in [-0.2, 0) is 0 Å². The minimum absolute atomic E-state index is 0.430. The van der Waals surface area contributed by atoms with Crippen LogP contribution in [-0.4, -0.2) is 21.0 Å². The Balaban J connectivity index is 2.79. The number of hydrogen-bond acceptors (Lipinski definition) is 2. The van der Waals surface area contributed by atoms with E-state index in [1.54, 1.807) is 6.08 Å². The average molecular weight is 323 g/mol. The molecule has 1 aromatic carbocycles. The number of aliphatic hydroxyl groups excluding tert-OH is 1. The molecule has 106 valence electrons. The summed E-state index contributed by atoms with van der Waals surface area (Å²) in [5.74, 6) is 0. The van der Waals surface area contributed by atoms with Crippen molar-refractivity contribution in [1.29, 1.82) is 0 Å². The topological polar surface area (TPSA) is 20.2 Å². The van der Waals surface area contributed by atoms with Crippen molar-refractivity contribution >= 4 is 35.0 Å². The highest BCUT2D eigenvalue weighted by Crippen LogP contribution is 2.37. The zero-order chi connectivity index (χ0) is 14.5. The Kier molecular flexibility index (Phi) is 6.67. The second-order valence-corrected chi connectivity index (χ2v) is 6.93. The minimum atomic E-state index is -2.65. The van der Waals surface area contributed by atoms with E-state index in [2.05, 4.69) is 6.58 Å². The summed E-state index contributed by atoms with van der Waals surface area (Å²) in [6, 6.07) is 7.78. The van der Waals surface area contributed by atoms with Crippen LogP contribution in [0.3, 0.4) is 0 Å². The number of hydrogen-bond donors (Lipinski definition) is 1. The van der Waals surface area contributed by atoms with Gasteiger partial charge >= 0.3 is 0 Å². The fourth-order valence-corrected chi connectivity index (χ4v) is 3.23. The third-order valence-corrected chi connectivity index (χ3v) is 4.44. The Morgan fingerprint density at radius 3 is 2.47 bits per heavy atom. The molecule has 1 N–H and O–H groups in total. The van der Waals surface area contributed by atoms with E-state index in [0.29, 0.717) is 12.8 Å². The first-order valence-electron chi connectivity index (χ1n) is 5.93. The third-order valence-electron chi connectivity index (χ3n) is 2.65. The van der Waals surface area contributed by atoms with E-state index in [4.69, 9.17) is 23.2 Å². The number of halogens is 3. The zero-order valence-corrected chi connectivity index (χ0v) is 13.0. The fraction of sp³-hybridized carbons (Fsp3) is 0.429. The van der Waals surface area contributed by atoms with Gasteiger partial charge in [0.2, 0.25) is 0 Å². The number of rotatable bonds is 7. The van der Waals surface area contributed by atoms with Crippen molar-refractivity contribution in [2.45, 2.75) is 40.6 Å². The fourth-order valence-electron chi connectivity index (χ4n) is 1.57. The van der Waals surface area contributed by atoms with Gasteiger partial charge in [0, 0.05) is 10.1 Å². The predicted molar refractivity (Wildman–Crippen MR) is 81.8 cm³/mol. The summed E-state index contributed by atoms with van der Waals surface area (Å²) in [4.78, 5) is 0.941. The van der Waals surface area contributed by atoms with E-state index in [0.717, 1.165) is 10.5 Å². The van der Waals surface area contributed by atoms with Crippen molar-refractivity contribution in [2.24, 2.45) is 0 Å². The molecule has 0 aliphatic carbocycles. The van der Waals surface area contributed by atoms with Gasteiger partial charge in [0.25, 0.3) is 4.59 Å². The second-order valence-electron chi connectivity index (χ2n) is 4.32. The molecule has 0 spiro atoms. The van der Waals surface area contributed by atoms with Gasteiger partial charge in [-0.2, -0.15) is 0 Å². The largest absolute Gasteiger partial charge is 0.386 e. The minimum Gasteiger partial charge on any atom is -0.386 e. The molecule has 0 bridgehead atoms. The standard InChI is InChI=1S/C14H17Cl2FOS/c1-3-4-5-12(13(18)14(15,16)17)19-11-8-6-10(2)7-9-11/h3,6-9,12-13,18H,1,4-5H2,2H3/t12-,13-/m1/s1. The molecule has 5 heteroatoms. The van der Waals surface area contributed by atoms with Crippen LogP contribution in [0.5, 0.6) is 0 Å². The summed E-state index contributed by atoms with van der Waals surface area (Å²) in [6.07, 6.45) is 1.47. The number of alkyl halides is 3. The molecular weight excluding hydrogens is 306 g/mol. The Labute approximate surface area is 127 Å². The number of thioether (sulfide) groups is 1. The smallest absolute Gasteiger partial charge is 0.284 e. The van der Waals surface area contributed by atoms with E-state index >= 15 is 0 Å². The first-order chi connectivity index (χ1) is 8.84. The molecule has 1 aromatic rings. The SMILES string of the molecule is C=CCC[C@@H](Sc1ccc(C)cc1)[C@@H](O)C(F)(Cl)Cl. The van der Waals surface area contributed by atoms with E-state index in [-0.39, 0.29) is 0 Å². The van der Waals surface area contributed by atoms with Gasteiger partial charge in [0.15, 0.2) is 0 Å². The van der Waals surface area contributed by atoms with Gasteiger partial charge in [0.1, 0.15) is 6.10 Å². The average Bonchev–Trinajstić information content (AvgIpc) is 2.35. The maximum Gasteiger partial charge on any atom is 0.284 e. The molecule has 0 saturated heterocycles. The molecule has 1 nitrogen and oxygen atoms in total. The number of benzene rings is 1. The van der Waals surface area contributed by atoms with Crippen molar-refractivity contribution < 1.29 is 9.50 Å². The van der Waals surface area contributed by atoms with E-state index < -0.39 is 15.9 Å². The highest BCUT2D eigenvalue weighted by atomic mass is 35.5. The Morgan fingerprint density at radius 1 is 1.42 bits per heavy atom. The zero-order valence-electron chi connectivity index (χ0n) is 10.7. The summed E-state index contributed by atoms with van der Waals surface area (Å²) >= 11 is 12.1. The Morgan fingerprint density at radius 2 is 2.00 bits per heavy atom. The van der Waals surface area contributed by atoms with E-state index in [1.165, 1.54) is 11.8 Å². The molecule has 0 aliphatic rings. The molecular formula is C14H17Cl2FOS. The lowest BCUT2D eigenvalue weighted by Crippen LogP contribution is -2.36. The molecule has 0 aliphatic heterocycles. The lowest BCUT2D eigenvalue weighted by atomic mass is 10.1. The maximum absolute atomic E-state index is 13.5. The van der Waals surface area contributed by atoms with Crippen molar-refractivity contribution in [1.82, 2.24) is 0 Å². The summed E-state index contributed by atoms with van der Waals surface area (Å²) in [6.45, 7) is 5.61. The second kappa shape index (κ2) is 7.53. The van der Waals surface area contributed by atoms with E-state index in [9.17, 15) is 9.50 Å². The van der Waals surface area contributed by atoms with E-state index in [1.807, 2.05) is 31.2 Å². The van der Waals surface area contributed by atoms with Crippen LogP contribution in [0.25, 0.3) is 0 Å². The highest BCUT2D eigenvalue weighted by Gasteiger charge is 2.39. The first kappa shape index (κ1) is 16.8. The number of aliphatic hydroxyl groups is 1. The van der Waals surface area contributed by atoms with Crippen LogP contribution in [0, 0.1) is 6.92 Å². The lowest BCUT2D eigenvalue weighted by Gasteiger charge is -2.26. The van der Waals surface area contributed by atoms with Gasteiger partial charge in [-0.05, 0) is 31.9 Å². The van der Waals surface area contributed by atoms with Gasteiger partial charge in [-0.1, -0.05) is 47.0 Å². The van der Waals surface area contributed by atoms with Crippen LogP contribution in [0.2, 0.25) is 0 Å². The normalized spacial score (nSPS) is 15.0. The van der Waals surface area contributed by atoms with Crippen LogP contribution < -0.4 is 0 Å². The summed E-state index contributed by atoms with van der Waals surface area (Å²) < 4.78 is 10.8. The molecule has 0 fully saturated rings. The van der Waals surface area contributed by atoms with Crippen LogP contribution in [0.15, 0.2) is 41.8 Å².